The van der Waals surface area contributed by atoms with Crippen molar-refractivity contribution in [2.24, 2.45) is 0 Å². The minimum atomic E-state index is -0.223. The fourth-order valence-corrected chi connectivity index (χ4v) is 1.62. The monoisotopic (exact) mass is 252 g/mol. The first-order valence-electron chi connectivity index (χ1n) is 6.24. The molecule has 18 heavy (non-hydrogen) atoms. The second-order valence-corrected chi connectivity index (χ2v) is 4.52. The number of halogens is 1. The molecule has 1 amide bonds. The Balaban J connectivity index is 2.35. The third-order valence-corrected chi connectivity index (χ3v) is 2.96. The van der Waals surface area contributed by atoms with E-state index < -0.39 is 0 Å². The summed E-state index contributed by atoms with van der Waals surface area (Å²) in [5.41, 5.74) is 1.06. The smallest absolute Gasteiger partial charge is 0.236 e. The first kappa shape index (κ1) is 14.6. The summed E-state index contributed by atoms with van der Waals surface area (Å²) in [5.74, 6) is -0.137. The fraction of sp³-hybridized carbons (Fsp3) is 0.500. The van der Waals surface area contributed by atoms with Crippen molar-refractivity contribution in [2.75, 3.05) is 20.1 Å². The van der Waals surface area contributed by atoms with E-state index in [1.165, 1.54) is 12.1 Å². The molecule has 0 bridgehead atoms. The van der Waals surface area contributed by atoms with Crippen LogP contribution in [0.1, 0.15) is 19.4 Å². The molecule has 1 unspecified atom stereocenters. The van der Waals surface area contributed by atoms with Crippen LogP contribution in [0.25, 0.3) is 0 Å². The van der Waals surface area contributed by atoms with Gasteiger partial charge < -0.3 is 10.2 Å². The fourth-order valence-electron chi connectivity index (χ4n) is 1.62. The van der Waals surface area contributed by atoms with Crippen molar-refractivity contribution in [3.8, 4) is 0 Å². The first-order valence-corrected chi connectivity index (χ1v) is 6.24. The molecule has 1 N–H and O–H groups in total. The molecule has 100 valence electrons. The zero-order chi connectivity index (χ0) is 13.5. The zero-order valence-corrected chi connectivity index (χ0v) is 11.2. The van der Waals surface area contributed by atoms with Crippen molar-refractivity contribution in [3.05, 3.63) is 35.6 Å². The lowest BCUT2D eigenvalue weighted by Crippen LogP contribution is -2.39. The summed E-state index contributed by atoms with van der Waals surface area (Å²) in [6.45, 7) is 5.02. The van der Waals surface area contributed by atoms with Gasteiger partial charge in [0.2, 0.25) is 5.91 Å². The largest absolute Gasteiger partial charge is 0.345 e. The van der Waals surface area contributed by atoms with Crippen molar-refractivity contribution in [1.29, 1.82) is 0 Å². The molecular formula is C14H21FN2O. The molecular weight excluding hydrogens is 231 g/mol. The predicted octanol–water partition coefficient (Wildman–Crippen LogP) is 1.82. The highest BCUT2D eigenvalue weighted by molar-refractivity contribution is 5.77. The molecule has 1 aromatic carbocycles. The van der Waals surface area contributed by atoms with Crippen LogP contribution in [0.3, 0.4) is 0 Å². The number of nitrogens with zero attached hydrogens (tertiary/aromatic N) is 1. The molecule has 1 atom stereocenters. The van der Waals surface area contributed by atoms with Gasteiger partial charge in [0.1, 0.15) is 5.82 Å². The standard InChI is InChI=1S/C14H21FN2O/c1-4-17(3)14(18)10-16-11(2)9-12-5-7-13(15)8-6-12/h5-8,11,16H,4,9-10H2,1-3H3. The van der Waals surface area contributed by atoms with Crippen LogP contribution in [-0.2, 0) is 11.2 Å². The first-order chi connectivity index (χ1) is 8.52. The number of nitrogens with one attached hydrogen (secondary N) is 1. The van der Waals surface area contributed by atoms with E-state index in [4.69, 9.17) is 0 Å². The quantitative estimate of drug-likeness (QED) is 0.837. The Morgan fingerprint density at radius 2 is 2.00 bits per heavy atom. The molecule has 0 aliphatic rings. The minimum Gasteiger partial charge on any atom is -0.345 e. The third kappa shape index (κ3) is 4.84. The SMILES string of the molecule is CCN(C)C(=O)CNC(C)Cc1ccc(F)cc1. The summed E-state index contributed by atoms with van der Waals surface area (Å²) in [7, 11) is 1.79. The van der Waals surface area contributed by atoms with Crippen LogP contribution in [0.4, 0.5) is 4.39 Å². The third-order valence-electron chi connectivity index (χ3n) is 2.96. The molecule has 1 rings (SSSR count). The Labute approximate surface area is 108 Å². The molecule has 1 aromatic rings. The molecule has 0 aromatic heterocycles. The minimum absolute atomic E-state index is 0.0865. The highest BCUT2D eigenvalue weighted by atomic mass is 19.1. The van der Waals surface area contributed by atoms with Crippen molar-refractivity contribution in [1.82, 2.24) is 10.2 Å². The molecule has 0 saturated heterocycles. The number of hydrogen-bond donors (Lipinski definition) is 1. The van der Waals surface area contributed by atoms with Gasteiger partial charge in [-0.25, -0.2) is 4.39 Å². The lowest BCUT2D eigenvalue weighted by molar-refractivity contribution is -0.128. The van der Waals surface area contributed by atoms with Crippen LogP contribution in [-0.4, -0.2) is 37.0 Å². The van der Waals surface area contributed by atoms with Gasteiger partial charge in [-0.05, 0) is 38.0 Å². The Morgan fingerprint density at radius 3 is 2.56 bits per heavy atom. The summed E-state index contributed by atoms with van der Waals surface area (Å²) < 4.78 is 12.7. The summed E-state index contributed by atoms with van der Waals surface area (Å²) in [6.07, 6.45) is 0.781. The van der Waals surface area contributed by atoms with Gasteiger partial charge in [0.25, 0.3) is 0 Å². The van der Waals surface area contributed by atoms with E-state index in [1.807, 2.05) is 13.8 Å². The number of carbonyl (C=O) groups is 1. The Bertz CT molecular complexity index is 378. The number of benzene rings is 1. The maximum Gasteiger partial charge on any atom is 0.236 e. The second-order valence-electron chi connectivity index (χ2n) is 4.52. The van der Waals surface area contributed by atoms with Crippen LogP contribution in [0.2, 0.25) is 0 Å². The molecule has 0 radical (unpaired) electrons. The van der Waals surface area contributed by atoms with Gasteiger partial charge in [0.15, 0.2) is 0 Å². The molecule has 0 saturated carbocycles. The van der Waals surface area contributed by atoms with Gasteiger partial charge in [-0.3, -0.25) is 4.79 Å². The van der Waals surface area contributed by atoms with Crippen molar-refractivity contribution >= 4 is 5.91 Å². The topological polar surface area (TPSA) is 32.3 Å². The van der Waals surface area contributed by atoms with Gasteiger partial charge in [-0.15, -0.1) is 0 Å². The highest BCUT2D eigenvalue weighted by Gasteiger charge is 2.09. The van der Waals surface area contributed by atoms with E-state index in [2.05, 4.69) is 5.32 Å². The van der Waals surface area contributed by atoms with Crippen LogP contribution in [0, 0.1) is 5.82 Å². The summed E-state index contributed by atoms with van der Waals surface area (Å²) >= 11 is 0. The Kier molecular flexibility index (Phi) is 5.78. The maximum absolute atomic E-state index is 12.7. The van der Waals surface area contributed by atoms with Gasteiger partial charge in [0, 0.05) is 19.6 Å². The van der Waals surface area contributed by atoms with Gasteiger partial charge in [0.05, 0.1) is 6.54 Å². The van der Waals surface area contributed by atoms with Crippen LogP contribution in [0.15, 0.2) is 24.3 Å². The van der Waals surface area contributed by atoms with Crippen LogP contribution >= 0.6 is 0 Å². The Morgan fingerprint density at radius 1 is 1.39 bits per heavy atom. The van der Waals surface area contributed by atoms with Crippen molar-refractivity contribution < 1.29 is 9.18 Å². The molecule has 0 aliphatic heterocycles. The number of carbonyl (C=O) groups excluding carboxylic acids is 1. The van der Waals surface area contributed by atoms with Gasteiger partial charge >= 0.3 is 0 Å². The zero-order valence-electron chi connectivity index (χ0n) is 11.2. The number of hydrogen-bond acceptors (Lipinski definition) is 2. The molecule has 0 aliphatic carbocycles. The molecule has 3 nitrogen and oxygen atoms in total. The van der Waals surface area contributed by atoms with E-state index >= 15 is 0 Å². The number of rotatable bonds is 6. The lowest BCUT2D eigenvalue weighted by Gasteiger charge is -2.18. The molecule has 0 heterocycles. The summed E-state index contributed by atoms with van der Waals surface area (Å²) in [5, 5.41) is 3.18. The maximum atomic E-state index is 12.7. The average molecular weight is 252 g/mol. The molecule has 0 spiro atoms. The predicted molar refractivity (Wildman–Crippen MR) is 70.9 cm³/mol. The number of amides is 1. The normalized spacial score (nSPS) is 12.2. The number of likely N-dealkylation sites (N-methyl/N-ethyl adjacent to an activating group) is 1. The van der Waals surface area contributed by atoms with E-state index in [0.29, 0.717) is 13.1 Å². The molecule has 4 heteroatoms. The molecule has 0 fully saturated rings. The van der Waals surface area contributed by atoms with Gasteiger partial charge in [-0.2, -0.15) is 0 Å². The highest BCUT2D eigenvalue weighted by Crippen LogP contribution is 2.05. The van der Waals surface area contributed by atoms with E-state index in [9.17, 15) is 9.18 Å². The van der Waals surface area contributed by atoms with Crippen molar-refractivity contribution in [3.63, 3.8) is 0 Å². The Hall–Kier alpha value is -1.42. The summed E-state index contributed by atoms with van der Waals surface area (Å²) in [6, 6.07) is 6.64. The summed E-state index contributed by atoms with van der Waals surface area (Å²) in [4.78, 5) is 13.3. The average Bonchev–Trinajstić information content (AvgIpc) is 2.37. The van der Waals surface area contributed by atoms with E-state index in [-0.39, 0.29) is 17.8 Å². The second kappa shape index (κ2) is 7.11. The van der Waals surface area contributed by atoms with Crippen LogP contribution in [0.5, 0.6) is 0 Å². The van der Waals surface area contributed by atoms with E-state index in [0.717, 1.165) is 12.0 Å². The van der Waals surface area contributed by atoms with Gasteiger partial charge in [-0.1, -0.05) is 12.1 Å². The van der Waals surface area contributed by atoms with Crippen molar-refractivity contribution in [2.45, 2.75) is 26.3 Å². The van der Waals surface area contributed by atoms with Crippen LogP contribution < -0.4 is 5.32 Å². The van der Waals surface area contributed by atoms with E-state index in [1.54, 1.807) is 24.1 Å². The lowest BCUT2D eigenvalue weighted by atomic mass is 10.1.